The van der Waals surface area contributed by atoms with E-state index < -0.39 is 4.92 Å². The molecular weight excluding hydrogens is 218 g/mol. The summed E-state index contributed by atoms with van der Waals surface area (Å²) >= 11 is 0.827. The maximum atomic E-state index is 10.5. The van der Waals surface area contributed by atoms with Crippen molar-refractivity contribution < 1.29 is 9.72 Å². The smallest absolute Gasteiger partial charge is 0.302 e. The molecule has 8 heteroatoms. The number of nitrogens with zero attached hydrogens (tertiary/aromatic N) is 2. The van der Waals surface area contributed by atoms with Crippen molar-refractivity contribution in [3.8, 4) is 0 Å². The summed E-state index contributed by atoms with van der Waals surface area (Å²) in [5.41, 5.74) is 0. The summed E-state index contributed by atoms with van der Waals surface area (Å²) in [6, 6.07) is 0. The number of aromatic nitrogens is 1. The van der Waals surface area contributed by atoms with E-state index in [4.69, 9.17) is 0 Å². The van der Waals surface area contributed by atoms with Crippen molar-refractivity contribution in [1.82, 2.24) is 4.98 Å². The molecule has 0 saturated heterocycles. The molecule has 0 aliphatic heterocycles. The highest BCUT2D eigenvalue weighted by molar-refractivity contribution is 7.18. The molecule has 0 bridgehead atoms. The van der Waals surface area contributed by atoms with Crippen molar-refractivity contribution in [2.24, 2.45) is 0 Å². The fourth-order valence-electron chi connectivity index (χ4n) is 0.558. The first-order valence-electron chi connectivity index (χ1n) is 2.97. The SMILES string of the molecule is CC(=O)Nc1ncc([N+](=O)[O-])s1.Cl. The molecule has 1 heterocycles. The monoisotopic (exact) mass is 223 g/mol. The van der Waals surface area contributed by atoms with E-state index in [-0.39, 0.29) is 28.4 Å². The van der Waals surface area contributed by atoms with Gasteiger partial charge in [-0.2, -0.15) is 0 Å². The van der Waals surface area contributed by atoms with Gasteiger partial charge in [0.05, 0.1) is 4.92 Å². The largest absolute Gasteiger partial charge is 0.345 e. The molecule has 1 aromatic rings. The third-order valence-corrected chi connectivity index (χ3v) is 1.82. The van der Waals surface area contributed by atoms with E-state index in [1.807, 2.05) is 0 Å². The topological polar surface area (TPSA) is 85.1 Å². The molecule has 0 fully saturated rings. The first-order valence-corrected chi connectivity index (χ1v) is 3.79. The molecule has 6 nitrogen and oxygen atoms in total. The van der Waals surface area contributed by atoms with Crippen molar-refractivity contribution in [3.63, 3.8) is 0 Å². The zero-order valence-corrected chi connectivity index (χ0v) is 8.15. The predicted octanol–water partition coefficient (Wildman–Crippen LogP) is 1.43. The maximum absolute atomic E-state index is 10.5. The van der Waals surface area contributed by atoms with E-state index in [1.54, 1.807) is 0 Å². The van der Waals surface area contributed by atoms with Gasteiger partial charge in [-0.25, -0.2) is 4.98 Å². The number of halogens is 1. The van der Waals surface area contributed by atoms with E-state index in [1.165, 1.54) is 6.92 Å². The third-order valence-electron chi connectivity index (χ3n) is 0.956. The fourth-order valence-corrected chi connectivity index (χ4v) is 1.24. The van der Waals surface area contributed by atoms with Gasteiger partial charge in [0.25, 0.3) is 0 Å². The Morgan fingerprint density at radius 2 is 2.38 bits per heavy atom. The molecule has 13 heavy (non-hydrogen) atoms. The van der Waals surface area contributed by atoms with Gasteiger partial charge in [0, 0.05) is 6.92 Å². The van der Waals surface area contributed by atoms with Crippen LogP contribution >= 0.6 is 23.7 Å². The number of carbonyl (C=O) groups is 1. The zero-order chi connectivity index (χ0) is 9.14. The Kier molecular flexibility index (Phi) is 4.29. The second-order valence-electron chi connectivity index (χ2n) is 1.94. The number of amides is 1. The lowest BCUT2D eigenvalue weighted by molar-refractivity contribution is -0.380. The highest BCUT2D eigenvalue weighted by Gasteiger charge is 2.11. The number of rotatable bonds is 2. The van der Waals surface area contributed by atoms with Crippen molar-refractivity contribution in [3.05, 3.63) is 16.3 Å². The quantitative estimate of drug-likeness (QED) is 0.607. The predicted molar refractivity (Wildman–Crippen MR) is 50.3 cm³/mol. The minimum Gasteiger partial charge on any atom is -0.302 e. The standard InChI is InChI=1S/C5H5N3O3S.ClH/c1-3(9)7-5-6-2-4(12-5)8(10)11;/h2H,1H3,(H,6,7,9);1H. The Morgan fingerprint density at radius 3 is 2.77 bits per heavy atom. The van der Waals surface area contributed by atoms with Gasteiger partial charge in [0.2, 0.25) is 5.91 Å². The van der Waals surface area contributed by atoms with E-state index in [9.17, 15) is 14.9 Å². The highest BCUT2D eigenvalue weighted by atomic mass is 35.5. The number of thiazole rings is 1. The second kappa shape index (κ2) is 4.73. The molecule has 72 valence electrons. The molecule has 0 aliphatic rings. The Bertz CT molecular complexity index is 327. The Hall–Kier alpha value is -1.21. The lowest BCUT2D eigenvalue weighted by atomic mass is 10.7. The summed E-state index contributed by atoms with van der Waals surface area (Å²) in [6.45, 7) is 1.31. The zero-order valence-electron chi connectivity index (χ0n) is 6.51. The Morgan fingerprint density at radius 1 is 1.77 bits per heavy atom. The van der Waals surface area contributed by atoms with Gasteiger partial charge in [0.1, 0.15) is 6.20 Å². The van der Waals surface area contributed by atoms with Crippen LogP contribution in [0.25, 0.3) is 0 Å². The van der Waals surface area contributed by atoms with Crippen LogP contribution in [0.1, 0.15) is 6.92 Å². The molecule has 0 radical (unpaired) electrons. The van der Waals surface area contributed by atoms with Crippen LogP contribution in [0.4, 0.5) is 10.1 Å². The van der Waals surface area contributed by atoms with Gasteiger partial charge in [-0.05, 0) is 11.3 Å². The molecule has 1 aromatic heterocycles. The van der Waals surface area contributed by atoms with Crippen LogP contribution in [0.3, 0.4) is 0 Å². The van der Waals surface area contributed by atoms with E-state index in [2.05, 4.69) is 10.3 Å². The molecule has 0 atom stereocenters. The van der Waals surface area contributed by atoms with Crippen molar-refractivity contribution >= 4 is 39.8 Å². The molecule has 1 N–H and O–H groups in total. The summed E-state index contributed by atoms with van der Waals surface area (Å²) in [5.74, 6) is -0.292. The summed E-state index contributed by atoms with van der Waals surface area (Å²) in [5, 5.41) is 12.7. The third kappa shape index (κ3) is 3.34. The van der Waals surface area contributed by atoms with E-state index in [0.29, 0.717) is 0 Å². The van der Waals surface area contributed by atoms with Crippen LogP contribution in [0.15, 0.2) is 6.20 Å². The number of anilines is 1. The Labute approximate surface area is 83.5 Å². The van der Waals surface area contributed by atoms with Gasteiger partial charge in [0.15, 0.2) is 5.13 Å². The van der Waals surface area contributed by atoms with Gasteiger partial charge < -0.3 is 5.32 Å². The maximum Gasteiger partial charge on any atom is 0.345 e. The van der Waals surface area contributed by atoms with Crippen molar-refractivity contribution in [1.29, 1.82) is 0 Å². The average Bonchev–Trinajstić information content (AvgIpc) is 2.34. The van der Waals surface area contributed by atoms with Gasteiger partial charge in [-0.15, -0.1) is 12.4 Å². The van der Waals surface area contributed by atoms with Gasteiger partial charge >= 0.3 is 5.00 Å². The molecule has 0 aliphatic carbocycles. The van der Waals surface area contributed by atoms with Crippen LogP contribution in [0, 0.1) is 10.1 Å². The molecule has 0 aromatic carbocycles. The number of nitro groups is 1. The van der Waals surface area contributed by atoms with Crippen LogP contribution in [0.5, 0.6) is 0 Å². The van der Waals surface area contributed by atoms with E-state index >= 15 is 0 Å². The average molecular weight is 224 g/mol. The second-order valence-corrected chi connectivity index (χ2v) is 2.95. The van der Waals surface area contributed by atoms with Crippen molar-refractivity contribution in [2.75, 3.05) is 5.32 Å². The summed E-state index contributed by atoms with van der Waals surface area (Å²) in [4.78, 5) is 23.7. The van der Waals surface area contributed by atoms with E-state index in [0.717, 1.165) is 17.5 Å². The number of nitrogens with one attached hydrogen (secondary N) is 1. The van der Waals surface area contributed by atoms with Crippen LogP contribution in [-0.4, -0.2) is 15.8 Å². The van der Waals surface area contributed by atoms with Crippen LogP contribution < -0.4 is 5.32 Å². The molecular formula is C5H6ClN3O3S. The fraction of sp³-hybridized carbons (Fsp3) is 0.200. The first-order chi connectivity index (χ1) is 5.59. The normalized spacial score (nSPS) is 8.69. The first kappa shape index (κ1) is 11.8. The minimum absolute atomic E-state index is 0. The molecule has 0 spiro atoms. The number of hydrogen-bond donors (Lipinski definition) is 1. The summed E-state index contributed by atoms with van der Waals surface area (Å²) in [7, 11) is 0. The van der Waals surface area contributed by atoms with Gasteiger partial charge in [-0.3, -0.25) is 14.9 Å². The van der Waals surface area contributed by atoms with Crippen LogP contribution in [-0.2, 0) is 4.79 Å². The molecule has 0 unspecified atom stereocenters. The number of hydrogen-bond acceptors (Lipinski definition) is 5. The molecule has 1 rings (SSSR count). The molecule has 0 saturated carbocycles. The molecule has 1 amide bonds. The summed E-state index contributed by atoms with van der Waals surface area (Å²) in [6.07, 6.45) is 1.11. The summed E-state index contributed by atoms with van der Waals surface area (Å²) < 4.78 is 0. The van der Waals surface area contributed by atoms with Crippen molar-refractivity contribution in [2.45, 2.75) is 6.92 Å². The Balaban J connectivity index is 0.00000144. The lowest BCUT2D eigenvalue weighted by Crippen LogP contribution is -2.04. The number of carbonyl (C=O) groups excluding carboxylic acids is 1. The minimum atomic E-state index is -0.553. The lowest BCUT2D eigenvalue weighted by Gasteiger charge is -1.90. The van der Waals surface area contributed by atoms with Crippen LogP contribution in [0.2, 0.25) is 0 Å². The highest BCUT2D eigenvalue weighted by Crippen LogP contribution is 2.24. The van der Waals surface area contributed by atoms with Gasteiger partial charge in [-0.1, -0.05) is 0 Å².